The second-order valence-electron chi connectivity index (χ2n) is 3.93. The zero-order valence-electron chi connectivity index (χ0n) is 6.66. The summed E-state index contributed by atoms with van der Waals surface area (Å²) in [6, 6.07) is 0. The standard InChI is InChI=1S/C9H14O2/c1-2-6-8(10-6)4-5-9-7(3-1)11-9/h6-9H,1-5H2/t6-,7-,8+,9+/m0/s1. The van der Waals surface area contributed by atoms with E-state index >= 15 is 0 Å². The lowest BCUT2D eigenvalue weighted by molar-refractivity contribution is 0.339. The van der Waals surface area contributed by atoms with Crippen LogP contribution in [0.1, 0.15) is 32.1 Å². The minimum absolute atomic E-state index is 0.609. The molecule has 0 spiro atoms. The van der Waals surface area contributed by atoms with E-state index in [4.69, 9.17) is 9.47 Å². The van der Waals surface area contributed by atoms with Gasteiger partial charge >= 0.3 is 0 Å². The highest BCUT2D eigenvalue weighted by Crippen LogP contribution is 2.39. The Bertz CT molecular complexity index is 151. The van der Waals surface area contributed by atoms with Crippen LogP contribution >= 0.6 is 0 Å². The van der Waals surface area contributed by atoms with E-state index in [1.165, 1.54) is 32.1 Å². The highest BCUT2D eigenvalue weighted by atomic mass is 16.6. The van der Waals surface area contributed by atoms with Crippen molar-refractivity contribution in [3.63, 3.8) is 0 Å². The lowest BCUT2D eigenvalue weighted by Crippen LogP contribution is -1.95. The van der Waals surface area contributed by atoms with Crippen molar-refractivity contribution in [1.29, 1.82) is 0 Å². The van der Waals surface area contributed by atoms with Gasteiger partial charge in [0.05, 0.1) is 24.4 Å². The number of hydrogen-bond donors (Lipinski definition) is 0. The van der Waals surface area contributed by atoms with E-state index in [0.717, 1.165) is 0 Å². The highest BCUT2D eigenvalue weighted by molar-refractivity contribution is 4.93. The van der Waals surface area contributed by atoms with Crippen LogP contribution in [0.3, 0.4) is 0 Å². The summed E-state index contributed by atoms with van der Waals surface area (Å²) in [5.74, 6) is 0. The summed E-state index contributed by atoms with van der Waals surface area (Å²) < 4.78 is 11.0. The van der Waals surface area contributed by atoms with E-state index in [1.54, 1.807) is 0 Å². The van der Waals surface area contributed by atoms with Crippen molar-refractivity contribution in [3.05, 3.63) is 0 Å². The Hall–Kier alpha value is -0.0800. The van der Waals surface area contributed by atoms with Gasteiger partial charge in [-0.3, -0.25) is 0 Å². The molecule has 2 nitrogen and oxygen atoms in total. The molecule has 1 aliphatic carbocycles. The van der Waals surface area contributed by atoms with E-state index in [0.29, 0.717) is 24.4 Å². The van der Waals surface area contributed by atoms with E-state index in [9.17, 15) is 0 Å². The van der Waals surface area contributed by atoms with Gasteiger partial charge in [-0.2, -0.15) is 0 Å². The van der Waals surface area contributed by atoms with E-state index in [1.807, 2.05) is 0 Å². The average molecular weight is 154 g/mol. The molecule has 0 N–H and O–H groups in total. The van der Waals surface area contributed by atoms with E-state index in [-0.39, 0.29) is 0 Å². The van der Waals surface area contributed by atoms with Crippen LogP contribution in [0.5, 0.6) is 0 Å². The summed E-state index contributed by atoms with van der Waals surface area (Å²) in [5.41, 5.74) is 0. The molecule has 0 aromatic carbocycles. The molecule has 3 aliphatic rings. The lowest BCUT2D eigenvalue weighted by atomic mass is 10.1. The Kier molecular flexibility index (Phi) is 1.29. The fraction of sp³-hybridized carbons (Fsp3) is 1.00. The molecule has 2 saturated heterocycles. The molecule has 62 valence electrons. The maximum absolute atomic E-state index is 5.50. The monoisotopic (exact) mass is 154 g/mol. The Morgan fingerprint density at radius 2 is 1.09 bits per heavy atom. The van der Waals surface area contributed by atoms with Crippen LogP contribution in [-0.2, 0) is 9.47 Å². The SMILES string of the molecule is C1C[C@@H]2O[C@@H]2CC[C@H]2O[C@H]2C1. The Morgan fingerprint density at radius 3 is 1.64 bits per heavy atom. The second-order valence-corrected chi connectivity index (χ2v) is 3.93. The molecular formula is C9H14O2. The zero-order valence-corrected chi connectivity index (χ0v) is 6.66. The maximum Gasteiger partial charge on any atom is 0.0842 e. The van der Waals surface area contributed by atoms with Crippen LogP contribution < -0.4 is 0 Å². The van der Waals surface area contributed by atoms with E-state index in [2.05, 4.69) is 0 Å². The number of fused-ring (bicyclic) bond motifs is 2. The van der Waals surface area contributed by atoms with Crippen LogP contribution in [0.15, 0.2) is 0 Å². The van der Waals surface area contributed by atoms with Gasteiger partial charge in [0.15, 0.2) is 0 Å². The summed E-state index contributed by atoms with van der Waals surface area (Å²) in [4.78, 5) is 0. The minimum atomic E-state index is 0.609. The summed E-state index contributed by atoms with van der Waals surface area (Å²) in [7, 11) is 0. The van der Waals surface area contributed by atoms with Gasteiger partial charge in [-0.1, -0.05) is 0 Å². The molecular weight excluding hydrogens is 140 g/mol. The van der Waals surface area contributed by atoms with Gasteiger partial charge in [0, 0.05) is 0 Å². The summed E-state index contributed by atoms with van der Waals surface area (Å²) in [5, 5.41) is 0. The quantitative estimate of drug-likeness (QED) is 0.494. The highest BCUT2D eigenvalue weighted by Gasteiger charge is 2.45. The Labute approximate surface area is 66.9 Å². The molecule has 0 aromatic heterocycles. The fourth-order valence-corrected chi connectivity index (χ4v) is 2.22. The predicted molar refractivity (Wildman–Crippen MR) is 40.4 cm³/mol. The molecule has 2 aliphatic heterocycles. The lowest BCUT2D eigenvalue weighted by Gasteiger charge is -1.91. The summed E-state index contributed by atoms with van der Waals surface area (Å²) in [6.07, 6.45) is 8.82. The van der Waals surface area contributed by atoms with Crippen LogP contribution in [-0.4, -0.2) is 24.4 Å². The number of ether oxygens (including phenoxy) is 2. The molecule has 4 atom stereocenters. The zero-order chi connectivity index (χ0) is 7.26. The number of rotatable bonds is 0. The third-order valence-corrected chi connectivity index (χ3v) is 3.09. The van der Waals surface area contributed by atoms with Crippen molar-refractivity contribution in [3.8, 4) is 0 Å². The van der Waals surface area contributed by atoms with Gasteiger partial charge < -0.3 is 9.47 Å². The normalized spacial score (nSPS) is 54.5. The van der Waals surface area contributed by atoms with Gasteiger partial charge in [-0.25, -0.2) is 0 Å². The molecule has 11 heavy (non-hydrogen) atoms. The Morgan fingerprint density at radius 1 is 0.636 bits per heavy atom. The fourth-order valence-electron chi connectivity index (χ4n) is 2.22. The average Bonchev–Trinajstić information content (AvgIpc) is 2.85. The molecule has 3 rings (SSSR count). The van der Waals surface area contributed by atoms with E-state index < -0.39 is 0 Å². The molecule has 0 bridgehead atoms. The maximum atomic E-state index is 5.50. The second kappa shape index (κ2) is 2.20. The number of epoxide rings is 2. The predicted octanol–water partition coefficient (Wildman–Crippen LogP) is 1.49. The largest absolute Gasteiger partial charge is 0.370 e. The van der Waals surface area contributed by atoms with Crippen molar-refractivity contribution >= 4 is 0 Å². The van der Waals surface area contributed by atoms with Crippen molar-refractivity contribution in [2.45, 2.75) is 56.5 Å². The molecule has 1 saturated carbocycles. The van der Waals surface area contributed by atoms with Gasteiger partial charge in [-0.05, 0) is 32.1 Å². The van der Waals surface area contributed by atoms with Gasteiger partial charge in [-0.15, -0.1) is 0 Å². The molecule has 0 amide bonds. The molecule has 3 fully saturated rings. The first kappa shape index (κ1) is 6.44. The van der Waals surface area contributed by atoms with Crippen LogP contribution in [0, 0.1) is 0 Å². The van der Waals surface area contributed by atoms with Crippen molar-refractivity contribution in [2.24, 2.45) is 0 Å². The van der Waals surface area contributed by atoms with Crippen molar-refractivity contribution < 1.29 is 9.47 Å². The molecule has 0 radical (unpaired) electrons. The van der Waals surface area contributed by atoms with Crippen molar-refractivity contribution in [2.75, 3.05) is 0 Å². The first-order chi connectivity index (χ1) is 5.43. The van der Waals surface area contributed by atoms with Gasteiger partial charge in [0.25, 0.3) is 0 Å². The smallest absolute Gasteiger partial charge is 0.0842 e. The Balaban J connectivity index is 1.62. The first-order valence-corrected chi connectivity index (χ1v) is 4.74. The number of hydrogen-bond acceptors (Lipinski definition) is 2. The molecule has 2 heteroatoms. The third-order valence-electron chi connectivity index (χ3n) is 3.09. The topological polar surface area (TPSA) is 25.1 Å². The van der Waals surface area contributed by atoms with Crippen LogP contribution in [0.4, 0.5) is 0 Å². The molecule has 0 unspecified atom stereocenters. The molecule has 2 heterocycles. The van der Waals surface area contributed by atoms with Crippen molar-refractivity contribution in [1.82, 2.24) is 0 Å². The summed E-state index contributed by atoms with van der Waals surface area (Å²) in [6.45, 7) is 0. The van der Waals surface area contributed by atoms with Gasteiger partial charge in [0.2, 0.25) is 0 Å². The molecule has 0 aromatic rings. The van der Waals surface area contributed by atoms with Crippen LogP contribution in [0.2, 0.25) is 0 Å². The van der Waals surface area contributed by atoms with Crippen LogP contribution in [0.25, 0.3) is 0 Å². The first-order valence-electron chi connectivity index (χ1n) is 4.74. The minimum Gasteiger partial charge on any atom is -0.370 e. The third kappa shape index (κ3) is 1.18. The van der Waals surface area contributed by atoms with Gasteiger partial charge in [0.1, 0.15) is 0 Å². The summed E-state index contributed by atoms with van der Waals surface area (Å²) >= 11 is 0.